The fourth-order valence-electron chi connectivity index (χ4n) is 7.37. The highest BCUT2D eigenvalue weighted by atomic mass is 32.2. The largest absolute Gasteiger partial charge is 0.494 e. The van der Waals surface area contributed by atoms with Gasteiger partial charge in [0.15, 0.2) is 0 Å². The maximum atomic E-state index is 13.8. The van der Waals surface area contributed by atoms with Gasteiger partial charge in [0.1, 0.15) is 40.2 Å². The molecule has 0 unspecified atom stereocenters. The number of aryl methyl sites for hydroxylation is 4. The molecule has 0 saturated heterocycles. The molecule has 0 atom stereocenters. The predicted octanol–water partition coefficient (Wildman–Crippen LogP) is 6.97. The molecular weight excluding hydrogens is 931 g/mol. The number of carbonyl (C=O) groups is 4. The van der Waals surface area contributed by atoms with Crippen LogP contribution in [-0.2, 0) is 41.0 Å². The zero-order chi connectivity index (χ0) is 53.0. The second-order valence-corrected chi connectivity index (χ2v) is 17.2. The van der Waals surface area contributed by atoms with Crippen molar-refractivity contribution in [3.63, 3.8) is 0 Å². The third-order valence-corrected chi connectivity index (χ3v) is 12.1. The van der Waals surface area contributed by atoms with Gasteiger partial charge in [-0.25, -0.2) is 23.1 Å². The fraction of sp³-hybridized carbons (Fsp3) is 0.469. The number of nitrogens with two attached hydrogens (primary N) is 1. The first-order valence-corrected chi connectivity index (χ1v) is 25.5. The number of nitrogens with one attached hydrogen (secondary N) is 3. The van der Waals surface area contributed by atoms with Gasteiger partial charge in [-0.1, -0.05) is 53.2 Å². The Hall–Kier alpha value is -6.91. The summed E-state index contributed by atoms with van der Waals surface area (Å²) in [4.78, 5) is 63.3. The van der Waals surface area contributed by atoms with E-state index in [0.29, 0.717) is 89.4 Å². The number of hydrogen-bond acceptors (Lipinski definition) is 13. The minimum Gasteiger partial charge on any atom is -0.494 e. The molecule has 6 rings (SSSR count). The number of aldehydes is 1. The van der Waals surface area contributed by atoms with Gasteiger partial charge < -0.3 is 29.2 Å². The van der Waals surface area contributed by atoms with Gasteiger partial charge in [-0.15, -0.1) is 0 Å². The van der Waals surface area contributed by atoms with E-state index in [0.717, 1.165) is 12.8 Å². The van der Waals surface area contributed by atoms with Gasteiger partial charge in [0, 0.05) is 57.8 Å². The Morgan fingerprint density at radius 1 is 0.761 bits per heavy atom. The van der Waals surface area contributed by atoms with Crippen LogP contribution in [0.4, 0.5) is 11.9 Å². The lowest BCUT2D eigenvalue weighted by atomic mass is 10.2. The van der Waals surface area contributed by atoms with E-state index >= 15 is 0 Å². The van der Waals surface area contributed by atoms with Crippen molar-refractivity contribution in [2.24, 2.45) is 5.73 Å². The van der Waals surface area contributed by atoms with E-state index in [1.54, 1.807) is 68.6 Å². The summed E-state index contributed by atoms with van der Waals surface area (Å²) in [6.45, 7) is 19.2. The average molecular weight is 1000 g/mol. The number of sulfonamides is 1. The number of unbranched alkanes of at least 4 members (excludes halogenated alkanes) is 1. The molecule has 6 aromatic rings. The molecule has 0 radical (unpaired) electrons. The molecule has 5 N–H and O–H groups in total. The van der Waals surface area contributed by atoms with Gasteiger partial charge in [0.2, 0.25) is 27.8 Å². The van der Waals surface area contributed by atoms with E-state index in [-0.39, 0.29) is 53.7 Å². The molecule has 0 aliphatic carbocycles. The van der Waals surface area contributed by atoms with Crippen LogP contribution in [0.25, 0.3) is 22.1 Å². The molecular formula is C49H73N13O8S. The first-order valence-electron chi connectivity index (χ1n) is 24.0. The number of fused-ring (bicyclic) bond motifs is 2. The predicted molar refractivity (Wildman–Crippen MR) is 278 cm³/mol. The maximum absolute atomic E-state index is 13.8. The van der Waals surface area contributed by atoms with Crippen LogP contribution in [0, 0.1) is 13.8 Å². The summed E-state index contributed by atoms with van der Waals surface area (Å²) in [5.74, 6) is -0.0194. The number of ether oxygens (including phenoxy) is 2. The van der Waals surface area contributed by atoms with Gasteiger partial charge in [0.25, 0.3) is 11.8 Å². The van der Waals surface area contributed by atoms with Gasteiger partial charge in [-0.2, -0.15) is 10.2 Å². The fourth-order valence-corrected chi connectivity index (χ4v) is 8.13. The lowest BCUT2D eigenvalue weighted by molar-refractivity contribution is -0.130. The van der Waals surface area contributed by atoms with E-state index in [2.05, 4.69) is 36.3 Å². The van der Waals surface area contributed by atoms with E-state index in [1.165, 1.54) is 33.3 Å². The van der Waals surface area contributed by atoms with Gasteiger partial charge in [-0.05, 0) is 85.0 Å². The van der Waals surface area contributed by atoms with Crippen LogP contribution in [0.15, 0.2) is 53.4 Å². The van der Waals surface area contributed by atoms with Crippen molar-refractivity contribution in [3.8, 4) is 11.5 Å². The molecule has 3 amide bonds. The van der Waals surface area contributed by atoms with E-state index in [4.69, 9.17) is 14.5 Å². The molecule has 0 aliphatic rings. The topological polar surface area (TPSA) is 258 Å². The highest BCUT2D eigenvalue weighted by Gasteiger charge is 2.24. The number of amides is 3. The minimum absolute atomic E-state index is 0.0594. The summed E-state index contributed by atoms with van der Waals surface area (Å²) in [6, 6.07) is 9.35. The normalized spacial score (nSPS) is 11.0. The van der Waals surface area contributed by atoms with Crippen molar-refractivity contribution >= 4 is 68.0 Å². The van der Waals surface area contributed by atoms with Gasteiger partial charge in [-0.3, -0.25) is 39.2 Å². The minimum atomic E-state index is -3.90. The highest BCUT2D eigenvalue weighted by molar-refractivity contribution is 7.89. The van der Waals surface area contributed by atoms with Crippen LogP contribution >= 0.6 is 0 Å². The smallest absolute Gasteiger partial charge is 0.276 e. The second-order valence-electron chi connectivity index (χ2n) is 15.3. The summed E-state index contributed by atoms with van der Waals surface area (Å²) < 4.78 is 46.8. The summed E-state index contributed by atoms with van der Waals surface area (Å²) in [5.41, 5.74) is 8.35. The number of benzene rings is 2. The molecule has 0 fully saturated rings. The number of carbonyl (C=O) groups excluding carboxylic acids is 4. The SMILES string of the molecule is CC.CC.CCCCC(=O)N(C)CCCOc1cc(C=O)cc2nc(NC(=O)c3cc(C)nn3CC)n(C/C=C/Cn3c(NC(=O)c4cc(C)nn4CC)nc4cc(S(=O)(=O)NC)cc(OC)c43)c12.CN. The highest BCUT2D eigenvalue weighted by Crippen LogP contribution is 2.34. The maximum Gasteiger partial charge on any atom is 0.276 e. The number of imidazole rings is 2. The first-order chi connectivity index (χ1) is 34.2. The molecule has 4 heterocycles. The summed E-state index contributed by atoms with van der Waals surface area (Å²) in [7, 11) is 2.07. The first kappa shape index (κ1) is 58.4. The van der Waals surface area contributed by atoms with Crippen molar-refractivity contribution < 1.29 is 37.1 Å². The number of nitrogens with zero attached hydrogens (tertiary/aromatic N) is 9. The van der Waals surface area contributed by atoms with Gasteiger partial charge >= 0.3 is 0 Å². The number of hydrogen-bond donors (Lipinski definition) is 4. The molecule has 21 nitrogen and oxygen atoms in total. The Bertz CT molecular complexity index is 2880. The van der Waals surface area contributed by atoms with Crippen molar-refractivity contribution in [3.05, 3.63) is 76.9 Å². The monoisotopic (exact) mass is 1000 g/mol. The van der Waals surface area contributed by atoms with Crippen LogP contribution in [0.2, 0.25) is 0 Å². The van der Waals surface area contributed by atoms with Crippen molar-refractivity contribution in [1.82, 2.24) is 48.3 Å². The number of anilines is 2. The van der Waals surface area contributed by atoms with E-state index < -0.39 is 21.8 Å². The molecule has 0 bridgehead atoms. The molecule has 4 aromatic heterocycles. The number of allylic oxidation sites excluding steroid dienone is 2. The van der Waals surface area contributed by atoms with E-state index in [9.17, 15) is 27.6 Å². The molecule has 388 valence electrons. The van der Waals surface area contributed by atoms with E-state index in [1.807, 2.05) is 60.6 Å². The lowest BCUT2D eigenvalue weighted by Gasteiger charge is -2.17. The molecule has 2 aromatic carbocycles. The Morgan fingerprint density at radius 3 is 1.73 bits per heavy atom. The quantitative estimate of drug-likeness (QED) is 0.0305. The number of rotatable bonds is 22. The summed E-state index contributed by atoms with van der Waals surface area (Å²) in [5, 5.41) is 14.6. The van der Waals surface area contributed by atoms with Gasteiger partial charge in [0.05, 0.1) is 41.0 Å². The average Bonchev–Trinajstić information content (AvgIpc) is 4.16. The van der Waals surface area contributed by atoms with Crippen LogP contribution in [0.1, 0.15) is 117 Å². The zero-order valence-electron chi connectivity index (χ0n) is 43.5. The lowest BCUT2D eigenvalue weighted by Crippen LogP contribution is -2.28. The molecule has 0 saturated carbocycles. The second kappa shape index (κ2) is 28.1. The molecule has 71 heavy (non-hydrogen) atoms. The van der Waals surface area contributed by atoms with Crippen LogP contribution < -0.4 is 30.6 Å². The van der Waals surface area contributed by atoms with Crippen LogP contribution in [-0.4, -0.2) is 117 Å². The number of aromatic nitrogens is 8. The van der Waals surface area contributed by atoms with Crippen molar-refractivity contribution in [2.75, 3.05) is 52.0 Å². The Kier molecular flexibility index (Phi) is 23.1. The van der Waals surface area contributed by atoms with Crippen LogP contribution in [0.3, 0.4) is 0 Å². The third kappa shape index (κ3) is 14.4. The number of methoxy groups -OCH3 is 1. The third-order valence-electron chi connectivity index (χ3n) is 10.7. The van der Waals surface area contributed by atoms with Crippen LogP contribution in [0.5, 0.6) is 11.5 Å². The van der Waals surface area contributed by atoms with Crippen molar-refractivity contribution in [2.45, 2.75) is 119 Å². The molecule has 22 heteroatoms. The Balaban J connectivity index is 0.00000214. The Morgan fingerprint density at radius 2 is 1.27 bits per heavy atom. The standard InChI is InChI=1S/C44H56N12O8S.2C2H6.CH5N/c1-9-12-16-38(58)52(7)17-15-20-64-37-24-30(27-57)23-32-40(37)54(43(46-32)48-41(59)34-21-28(4)50-55(34)10-2)19-14-13-18-53-39-33(25-31(26-36(39)63-8)65(61,62)45-6)47-44(53)49-42(60)35-22-29(5)51-56(35)11-3;3*1-2/h13-14,21-27,45H,9-12,15-20H2,1-8H3,(H,46,48,59)(H,47,49,60);2*1-2H3;2H2,1H3/b14-13+;;;. The Labute approximate surface area is 417 Å². The van der Waals surface area contributed by atoms with Crippen molar-refractivity contribution in [1.29, 1.82) is 0 Å². The molecule has 0 aliphatic heterocycles. The summed E-state index contributed by atoms with van der Waals surface area (Å²) >= 11 is 0. The molecule has 0 spiro atoms. The summed E-state index contributed by atoms with van der Waals surface area (Å²) in [6.07, 6.45) is 7.06. The zero-order valence-corrected chi connectivity index (χ0v) is 44.4.